The first-order valence-corrected chi connectivity index (χ1v) is 10.6. The standard InChI is InChI=1S/C23H25N7O2/c1-14(2)23(3,17-5-6-19(25-10-17)15-4-7-20(24)26-8-15)22-28-21(32-29-22)16-9-27-30(11-16)18-12-31-13-18/h4-11,14,18H,12-13H2,1-3H3,(H2,24,26). The lowest BCUT2D eigenvalue weighted by atomic mass is 9.73. The van der Waals surface area contributed by atoms with E-state index in [1.54, 1.807) is 18.5 Å². The molecule has 0 radical (unpaired) electrons. The Labute approximate surface area is 185 Å². The molecule has 1 atom stereocenters. The summed E-state index contributed by atoms with van der Waals surface area (Å²) in [5.74, 6) is 1.76. The van der Waals surface area contributed by atoms with E-state index in [1.807, 2.05) is 29.2 Å². The highest BCUT2D eigenvalue weighted by Crippen LogP contribution is 2.38. The molecule has 4 aromatic heterocycles. The molecule has 1 aliphatic heterocycles. The van der Waals surface area contributed by atoms with Crippen LogP contribution in [0.5, 0.6) is 0 Å². The van der Waals surface area contributed by atoms with Crippen LogP contribution in [0.25, 0.3) is 22.7 Å². The van der Waals surface area contributed by atoms with Crippen LogP contribution in [-0.4, -0.2) is 43.1 Å². The molecule has 1 unspecified atom stereocenters. The second kappa shape index (κ2) is 7.83. The van der Waals surface area contributed by atoms with Gasteiger partial charge >= 0.3 is 0 Å². The molecule has 0 spiro atoms. The zero-order valence-corrected chi connectivity index (χ0v) is 18.3. The summed E-state index contributed by atoms with van der Waals surface area (Å²) in [4.78, 5) is 13.6. The van der Waals surface area contributed by atoms with Crippen molar-refractivity contribution in [2.24, 2.45) is 5.92 Å². The summed E-state index contributed by atoms with van der Waals surface area (Å²) >= 11 is 0. The fraction of sp³-hybridized carbons (Fsp3) is 0.348. The molecule has 0 aliphatic carbocycles. The number of hydrogen-bond acceptors (Lipinski definition) is 8. The van der Waals surface area contributed by atoms with Gasteiger partial charge in [-0.1, -0.05) is 25.1 Å². The molecule has 164 valence electrons. The SMILES string of the molecule is CC(C)C(C)(c1ccc(-c2ccc(N)nc2)nc1)c1noc(-c2cnn(C3COC3)c2)n1. The van der Waals surface area contributed by atoms with Crippen molar-refractivity contribution in [1.29, 1.82) is 0 Å². The Bertz CT molecular complexity index is 1210. The van der Waals surface area contributed by atoms with Crippen LogP contribution in [0.2, 0.25) is 0 Å². The molecule has 5 heterocycles. The van der Waals surface area contributed by atoms with Gasteiger partial charge in [-0.15, -0.1) is 0 Å². The van der Waals surface area contributed by atoms with Crippen molar-refractivity contribution in [3.63, 3.8) is 0 Å². The van der Waals surface area contributed by atoms with E-state index in [0.717, 1.165) is 22.4 Å². The first kappa shape index (κ1) is 20.3. The number of aromatic nitrogens is 6. The lowest BCUT2D eigenvalue weighted by molar-refractivity contribution is -0.0286. The molecule has 32 heavy (non-hydrogen) atoms. The van der Waals surface area contributed by atoms with Crippen LogP contribution in [0.1, 0.15) is 38.2 Å². The average Bonchev–Trinajstić information content (AvgIpc) is 3.43. The molecule has 0 amide bonds. The van der Waals surface area contributed by atoms with Crippen molar-refractivity contribution in [3.8, 4) is 22.7 Å². The summed E-state index contributed by atoms with van der Waals surface area (Å²) in [6.45, 7) is 7.75. The fourth-order valence-corrected chi connectivity index (χ4v) is 3.73. The minimum Gasteiger partial charge on any atom is -0.384 e. The van der Waals surface area contributed by atoms with Gasteiger partial charge in [0.2, 0.25) is 0 Å². The maximum Gasteiger partial charge on any atom is 0.261 e. The third-order valence-corrected chi connectivity index (χ3v) is 6.33. The minimum absolute atomic E-state index is 0.202. The quantitative estimate of drug-likeness (QED) is 0.493. The van der Waals surface area contributed by atoms with Crippen LogP contribution in [0.3, 0.4) is 0 Å². The predicted molar refractivity (Wildman–Crippen MR) is 119 cm³/mol. The lowest BCUT2D eigenvalue weighted by Crippen LogP contribution is -2.31. The van der Waals surface area contributed by atoms with Crippen LogP contribution < -0.4 is 5.73 Å². The summed E-state index contributed by atoms with van der Waals surface area (Å²) in [6.07, 6.45) is 7.27. The normalized spacial score (nSPS) is 16.1. The largest absolute Gasteiger partial charge is 0.384 e. The van der Waals surface area contributed by atoms with Gasteiger partial charge in [-0.05, 0) is 36.6 Å². The highest BCUT2D eigenvalue weighted by atomic mass is 16.5. The molecular weight excluding hydrogens is 406 g/mol. The number of nitrogens with two attached hydrogens (primary N) is 1. The third-order valence-electron chi connectivity index (χ3n) is 6.33. The molecule has 0 aromatic carbocycles. The van der Waals surface area contributed by atoms with Gasteiger partial charge in [0.1, 0.15) is 5.82 Å². The molecule has 9 nitrogen and oxygen atoms in total. The maximum absolute atomic E-state index is 5.69. The van der Waals surface area contributed by atoms with E-state index in [-0.39, 0.29) is 12.0 Å². The van der Waals surface area contributed by atoms with Gasteiger partial charge in [0, 0.05) is 24.2 Å². The molecule has 1 aliphatic rings. The second-order valence-electron chi connectivity index (χ2n) is 8.58. The molecule has 4 aromatic rings. The zero-order chi connectivity index (χ0) is 22.3. The molecule has 2 N–H and O–H groups in total. The monoisotopic (exact) mass is 431 g/mol. The van der Waals surface area contributed by atoms with Gasteiger partial charge in [-0.3, -0.25) is 9.67 Å². The number of rotatable bonds is 6. The number of ether oxygens (including phenoxy) is 1. The smallest absolute Gasteiger partial charge is 0.261 e. The van der Waals surface area contributed by atoms with E-state index < -0.39 is 5.41 Å². The van der Waals surface area contributed by atoms with Gasteiger partial charge in [0.05, 0.1) is 42.1 Å². The van der Waals surface area contributed by atoms with E-state index in [4.69, 9.17) is 20.0 Å². The average molecular weight is 432 g/mol. The van der Waals surface area contributed by atoms with Crippen LogP contribution in [-0.2, 0) is 10.2 Å². The van der Waals surface area contributed by atoms with Gasteiger partial charge in [0.15, 0.2) is 5.82 Å². The van der Waals surface area contributed by atoms with Gasteiger partial charge < -0.3 is 15.0 Å². The Morgan fingerprint density at radius 2 is 1.91 bits per heavy atom. The van der Waals surface area contributed by atoms with E-state index in [2.05, 4.69) is 47.1 Å². The predicted octanol–water partition coefficient (Wildman–Crippen LogP) is 3.51. The second-order valence-corrected chi connectivity index (χ2v) is 8.58. The Morgan fingerprint density at radius 1 is 1.06 bits per heavy atom. The van der Waals surface area contributed by atoms with E-state index >= 15 is 0 Å². The van der Waals surface area contributed by atoms with Crippen LogP contribution in [0, 0.1) is 5.92 Å². The molecule has 1 saturated heterocycles. The highest BCUT2D eigenvalue weighted by Gasteiger charge is 2.38. The van der Waals surface area contributed by atoms with Crippen LogP contribution >= 0.6 is 0 Å². The summed E-state index contributed by atoms with van der Waals surface area (Å²) in [5.41, 5.74) is 8.75. The minimum atomic E-state index is -0.482. The van der Waals surface area contributed by atoms with E-state index in [0.29, 0.717) is 30.7 Å². The van der Waals surface area contributed by atoms with Gasteiger partial charge in [-0.2, -0.15) is 10.1 Å². The maximum atomic E-state index is 5.69. The van der Waals surface area contributed by atoms with Crippen molar-refractivity contribution < 1.29 is 9.26 Å². The van der Waals surface area contributed by atoms with Crippen LogP contribution in [0.4, 0.5) is 5.82 Å². The van der Waals surface area contributed by atoms with Gasteiger partial charge in [-0.25, -0.2) is 4.98 Å². The third kappa shape index (κ3) is 3.44. The number of pyridine rings is 2. The van der Waals surface area contributed by atoms with Gasteiger partial charge in [0.25, 0.3) is 5.89 Å². The number of nitrogen functional groups attached to an aromatic ring is 1. The highest BCUT2D eigenvalue weighted by molar-refractivity contribution is 5.59. The van der Waals surface area contributed by atoms with Crippen molar-refractivity contribution in [2.45, 2.75) is 32.2 Å². The van der Waals surface area contributed by atoms with Crippen molar-refractivity contribution in [1.82, 2.24) is 29.9 Å². The lowest BCUT2D eigenvalue weighted by Gasteiger charge is -2.30. The van der Waals surface area contributed by atoms with Crippen molar-refractivity contribution in [2.75, 3.05) is 18.9 Å². The van der Waals surface area contributed by atoms with Crippen LogP contribution in [0.15, 0.2) is 53.6 Å². The summed E-state index contributed by atoms with van der Waals surface area (Å²) < 4.78 is 12.8. The number of nitrogens with zero attached hydrogens (tertiary/aromatic N) is 6. The summed E-state index contributed by atoms with van der Waals surface area (Å²) in [7, 11) is 0. The van der Waals surface area contributed by atoms with Crippen molar-refractivity contribution in [3.05, 3.63) is 60.4 Å². The Kier molecular flexibility index (Phi) is 4.97. The molecular formula is C23H25N7O2. The Balaban J connectivity index is 1.45. The molecule has 5 rings (SSSR count). The number of hydrogen-bond donors (Lipinski definition) is 1. The van der Waals surface area contributed by atoms with E-state index in [1.165, 1.54) is 0 Å². The number of anilines is 1. The first-order chi connectivity index (χ1) is 15.4. The topological polar surface area (TPSA) is 118 Å². The van der Waals surface area contributed by atoms with E-state index in [9.17, 15) is 0 Å². The zero-order valence-electron chi connectivity index (χ0n) is 18.3. The first-order valence-electron chi connectivity index (χ1n) is 10.6. The summed E-state index contributed by atoms with van der Waals surface area (Å²) in [6, 6.07) is 7.99. The Morgan fingerprint density at radius 3 is 2.53 bits per heavy atom. The molecule has 0 saturated carbocycles. The Hall–Kier alpha value is -3.59. The fourth-order valence-electron chi connectivity index (χ4n) is 3.73. The molecule has 0 bridgehead atoms. The summed E-state index contributed by atoms with van der Waals surface area (Å²) in [5, 5.41) is 8.75. The molecule has 9 heteroatoms. The molecule has 1 fully saturated rings. The van der Waals surface area contributed by atoms with Crippen molar-refractivity contribution >= 4 is 5.82 Å².